The maximum atomic E-state index is 5.61. The van der Waals surface area contributed by atoms with Crippen molar-refractivity contribution in [3.63, 3.8) is 0 Å². The summed E-state index contributed by atoms with van der Waals surface area (Å²) in [5, 5.41) is 6.81. The fourth-order valence-electron chi connectivity index (χ4n) is 2.31. The van der Waals surface area contributed by atoms with Crippen LogP contribution in [0, 0.1) is 6.92 Å². The highest BCUT2D eigenvalue weighted by atomic mass is 32.1. The lowest BCUT2D eigenvalue weighted by molar-refractivity contribution is 0.108. The van der Waals surface area contributed by atoms with Crippen LogP contribution in [-0.4, -0.2) is 48.8 Å². The standard InChI is InChI=1S/C14H25N3OS/c1-11(7-15-8-14-5-4-6-18-14)17(3)9-13-10-19-12(2)16-13/h10-11,14-15H,4-9H2,1-3H3. The van der Waals surface area contributed by atoms with Gasteiger partial charge in [0.05, 0.1) is 16.8 Å². The molecule has 1 N–H and O–H groups in total. The molecular formula is C14H25N3OS. The molecule has 4 nitrogen and oxygen atoms in total. The van der Waals surface area contributed by atoms with Crippen molar-refractivity contribution in [3.8, 4) is 0 Å². The maximum absolute atomic E-state index is 5.61. The lowest BCUT2D eigenvalue weighted by atomic mass is 10.2. The van der Waals surface area contributed by atoms with Gasteiger partial charge in [-0.25, -0.2) is 4.98 Å². The van der Waals surface area contributed by atoms with Crippen LogP contribution in [0.3, 0.4) is 0 Å². The van der Waals surface area contributed by atoms with E-state index in [1.165, 1.54) is 18.5 Å². The Bertz CT molecular complexity index is 377. The number of hydrogen-bond acceptors (Lipinski definition) is 5. The Morgan fingerprint density at radius 3 is 3.11 bits per heavy atom. The van der Waals surface area contributed by atoms with Crippen molar-refractivity contribution in [2.24, 2.45) is 0 Å². The fourth-order valence-corrected chi connectivity index (χ4v) is 2.91. The van der Waals surface area contributed by atoms with Crippen molar-refractivity contribution >= 4 is 11.3 Å². The molecular weight excluding hydrogens is 258 g/mol. The summed E-state index contributed by atoms with van der Waals surface area (Å²) in [4.78, 5) is 6.86. The Hall–Kier alpha value is -0.490. The predicted molar refractivity (Wildman–Crippen MR) is 79.6 cm³/mol. The van der Waals surface area contributed by atoms with Crippen LogP contribution in [0.25, 0.3) is 0 Å². The van der Waals surface area contributed by atoms with E-state index in [-0.39, 0.29) is 0 Å². The Balaban J connectivity index is 1.65. The summed E-state index contributed by atoms with van der Waals surface area (Å²) in [6.45, 7) is 8.15. The Morgan fingerprint density at radius 1 is 1.63 bits per heavy atom. The molecule has 0 radical (unpaired) electrons. The summed E-state index contributed by atoms with van der Waals surface area (Å²) < 4.78 is 5.61. The Kier molecular flexibility index (Phi) is 5.76. The summed E-state index contributed by atoms with van der Waals surface area (Å²) in [5.74, 6) is 0. The average Bonchev–Trinajstić information content (AvgIpc) is 3.01. The molecule has 2 unspecified atom stereocenters. The van der Waals surface area contributed by atoms with Crippen LogP contribution >= 0.6 is 11.3 Å². The first kappa shape index (κ1) is 14.9. The van der Waals surface area contributed by atoms with Crippen molar-refractivity contribution in [2.45, 2.75) is 45.4 Å². The van der Waals surface area contributed by atoms with Gasteiger partial charge in [-0.3, -0.25) is 4.90 Å². The van der Waals surface area contributed by atoms with Gasteiger partial charge in [0.2, 0.25) is 0 Å². The molecule has 1 aromatic heterocycles. The molecule has 2 atom stereocenters. The number of nitrogens with one attached hydrogen (secondary N) is 1. The molecule has 2 heterocycles. The summed E-state index contributed by atoms with van der Waals surface area (Å²) in [6, 6.07) is 0.503. The van der Waals surface area contributed by atoms with Gasteiger partial charge in [0.25, 0.3) is 0 Å². The van der Waals surface area contributed by atoms with E-state index in [0.29, 0.717) is 12.1 Å². The first-order valence-electron chi connectivity index (χ1n) is 7.08. The number of likely N-dealkylation sites (N-methyl/N-ethyl adjacent to an activating group) is 1. The normalized spacial score (nSPS) is 21.2. The summed E-state index contributed by atoms with van der Waals surface area (Å²) in [6.07, 6.45) is 2.85. The van der Waals surface area contributed by atoms with E-state index in [2.05, 4.69) is 41.5 Å². The molecule has 1 aliphatic rings. The smallest absolute Gasteiger partial charge is 0.0897 e. The number of aromatic nitrogens is 1. The van der Waals surface area contributed by atoms with Gasteiger partial charge in [-0.05, 0) is 33.7 Å². The molecule has 5 heteroatoms. The number of aryl methyl sites for hydroxylation is 1. The zero-order chi connectivity index (χ0) is 13.7. The van der Waals surface area contributed by atoms with E-state index < -0.39 is 0 Å². The SMILES string of the molecule is Cc1nc(CN(C)C(C)CNCC2CCCO2)cs1. The molecule has 0 bridgehead atoms. The Morgan fingerprint density at radius 2 is 2.47 bits per heavy atom. The number of rotatable bonds is 7. The van der Waals surface area contributed by atoms with Crippen molar-refractivity contribution in [3.05, 3.63) is 16.1 Å². The first-order valence-corrected chi connectivity index (χ1v) is 7.96. The quantitative estimate of drug-likeness (QED) is 0.831. The van der Waals surface area contributed by atoms with E-state index in [1.807, 2.05) is 0 Å². The van der Waals surface area contributed by atoms with E-state index in [9.17, 15) is 0 Å². The summed E-state index contributed by atoms with van der Waals surface area (Å²) in [7, 11) is 2.16. The minimum atomic E-state index is 0.429. The van der Waals surface area contributed by atoms with Gasteiger partial charge < -0.3 is 10.1 Å². The van der Waals surface area contributed by atoms with Crippen LogP contribution in [-0.2, 0) is 11.3 Å². The van der Waals surface area contributed by atoms with Crippen LogP contribution < -0.4 is 5.32 Å². The molecule has 0 aromatic carbocycles. The molecule has 0 spiro atoms. The van der Waals surface area contributed by atoms with Crippen LogP contribution in [0.2, 0.25) is 0 Å². The first-order chi connectivity index (χ1) is 9.15. The molecule has 2 rings (SSSR count). The molecule has 0 saturated carbocycles. The second-order valence-electron chi connectivity index (χ2n) is 5.42. The second kappa shape index (κ2) is 7.33. The minimum Gasteiger partial charge on any atom is -0.377 e. The van der Waals surface area contributed by atoms with Crippen LogP contribution in [0.15, 0.2) is 5.38 Å². The molecule has 1 aliphatic heterocycles. The van der Waals surface area contributed by atoms with Crippen LogP contribution in [0.4, 0.5) is 0 Å². The monoisotopic (exact) mass is 283 g/mol. The molecule has 19 heavy (non-hydrogen) atoms. The van der Waals surface area contributed by atoms with Gasteiger partial charge in [0.15, 0.2) is 0 Å². The van der Waals surface area contributed by atoms with Crippen LogP contribution in [0.5, 0.6) is 0 Å². The van der Waals surface area contributed by atoms with Gasteiger partial charge in [0.1, 0.15) is 0 Å². The highest BCUT2D eigenvalue weighted by Gasteiger charge is 2.16. The zero-order valence-corrected chi connectivity index (χ0v) is 13.0. The summed E-state index contributed by atoms with van der Waals surface area (Å²) in [5.41, 5.74) is 1.18. The minimum absolute atomic E-state index is 0.429. The third-order valence-electron chi connectivity index (χ3n) is 3.67. The zero-order valence-electron chi connectivity index (χ0n) is 12.2. The molecule has 1 aromatic rings. The summed E-state index contributed by atoms with van der Waals surface area (Å²) >= 11 is 1.72. The van der Waals surface area contributed by atoms with Crippen molar-refractivity contribution < 1.29 is 4.74 Å². The molecule has 1 saturated heterocycles. The highest BCUT2D eigenvalue weighted by Crippen LogP contribution is 2.12. The average molecular weight is 283 g/mol. The number of nitrogens with zero attached hydrogens (tertiary/aromatic N) is 2. The van der Waals surface area contributed by atoms with Gasteiger partial charge >= 0.3 is 0 Å². The third-order valence-corrected chi connectivity index (χ3v) is 4.49. The van der Waals surface area contributed by atoms with Crippen molar-refractivity contribution in [1.82, 2.24) is 15.2 Å². The van der Waals surface area contributed by atoms with Crippen LogP contribution in [0.1, 0.15) is 30.5 Å². The number of thiazole rings is 1. The molecule has 0 aliphatic carbocycles. The Labute approximate surface area is 120 Å². The van der Waals surface area contributed by atoms with Gasteiger partial charge in [-0.15, -0.1) is 11.3 Å². The fraction of sp³-hybridized carbons (Fsp3) is 0.786. The van der Waals surface area contributed by atoms with E-state index in [0.717, 1.165) is 31.2 Å². The van der Waals surface area contributed by atoms with Gasteiger partial charge in [-0.1, -0.05) is 0 Å². The number of hydrogen-bond donors (Lipinski definition) is 1. The lowest BCUT2D eigenvalue weighted by Crippen LogP contribution is -2.39. The lowest BCUT2D eigenvalue weighted by Gasteiger charge is -2.24. The highest BCUT2D eigenvalue weighted by molar-refractivity contribution is 7.09. The number of ether oxygens (including phenoxy) is 1. The van der Waals surface area contributed by atoms with E-state index in [4.69, 9.17) is 4.74 Å². The molecule has 0 amide bonds. The van der Waals surface area contributed by atoms with E-state index >= 15 is 0 Å². The molecule has 1 fully saturated rings. The second-order valence-corrected chi connectivity index (χ2v) is 6.48. The molecule has 108 valence electrons. The van der Waals surface area contributed by atoms with Crippen molar-refractivity contribution in [1.29, 1.82) is 0 Å². The largest absolute Gasteiger partial charge is 0.377 e. The third kappa shape index (κ3) is 4.84. The van der Waals surface area contributed by atoms with Crippen molar-refractivity contribution in [2.75, 3.05) is 26.7 Å². The van der Waals surface area contributed by atoms with Gasteiger partial charge in [0, 0.05) is 37.7 Å². The van der Waals surface area contributed by atoms with E-state index in [1.54, 1.807) is 11.3 Å². The van der Waals surface area contributed by atoms with Gasteiger partial charge in [-0.2, -0.15) is 0 Å². The maximum Gasteiger partial charge on any atom is 0.0897 e. The topological polar surface area (TPSA) is 37.4 Å². The predicted octanol–water partition coefficient (Wildman–Crippen LogP) is 2.04.